The van der Waals surface area contributed by atoms with Crippen LogP contribution in [0.25, 0.3) is 0 Å². The number of halogens is 1. The number of hydrogen-bond donors (Lipinski definition) is 1. The second-order valence-electron chi connectivity index (χ2n) is 9.09. The van der Waals surface area contributed by atoms with E-state index < -0.39 is 5.54 Å². The lowest BCUT2D eigenvalue weighted by Crippen LogP contribution is -2.57. The summed E-state index contributed by atoms with van der Waals surface area (Å²) in [5.74, 6) is -0.332. The number of rotatable bonds is 6. The molecule has 2 aliphatic heterocycles. The lowest BCUT2D eigenvalue weighted by atomic mass is 9.85. The maximum absolute atomic E-state index is 13.7. The molecule has 180 valence electrons. The van der Waals surface area contributed by atoms with Crippen molar-refractivity contribution >= 4 is 35.0 Å². The molecule has 7 nitrogen and oxygen atoms in total. The Hall–Kier alpha value is -3.06. The fourth-order valence-corrected chi connectivity index (χ4v) is 5.02. The maximum atomic E-state index is 13.7. The minimum absolute atomic E-state index is 0.0243. The SMILES string of the molecule is CCC(C)NC(=O)CN1CN(c2ccccc2)C2(CCN(C(=O)c3ccccc3Cl)CC2)C1=O. The van der Waals surface area contributed by atoms with Gasteiger partial charge >= 0.3 is 0 Å². The number of benzene rings is 2. The van der Waals surface area contributed by atoms with Crippen LogP contribution in [-0.4, -0.2) is 65.4 Å². The van der Waals surface area contributed by atoms with Crippen molar-refractivity contribution in [2.45, 2.75) is 44.7 Å². The lowest BCUT2D eigenvalue weighted by molar-refractivity contribution is -0.137. The minimum Gasteiger partial charge on any atom is -0.352 e. The van der Waals surface area contributed by atoms with Crippen LogP contribution in [0, 0.1) is 0 Å². The first-order chi connectivity index (χ1) is 16.4. The second kappa shape index (κ2) is 10.1. The summed E-state index contributed by atoms with van der Waals surface area (Å²) in [5, 5.41) is 3.38. The highest BCUT2D eigenvalue weighted by Gasteiger charge is 2.54. The van der Waals surface area contributed by atoms with Crippen LogP contribution in [0.3, 0.4) is 0 Å². The highest BCUT2D eigenvalue weighted by Crippen LogP contribution is 2.39. The largest absolute Gasteiger partial charge is 0.352 e. The van der Waals surface area contributed by atoms with Gasteiger partial charge in [0.2, 0.25) is 5.91 Å². The molecule has 1 atom stereocenters. The molecule has 1 spiro atoms. The average molecular weight is 483 g/mol. The van der Waals surface area contributed by atoms with Crippen LogP contribution < -0.4 is 10.2 Å². The van der Waals surface area contributed by atoms with Crippen LogP contribution in [0.2, 0.25) is 5.02 Å². The third kappa shape index (κ3) is 4.62. The van der Waals surface area contributed by atoms with E-state index in [-0.39, 0.29) is 30.3 Å². The van der Waals surface area contributed by atoms with Gasteiger partial charge < -0.3 is 20.0 Å². The molecule has 2 saturated heterocycles. The van der Waals surface area contributed by atoms with Crippen LogP contribution in [0.4, 0.5) is 5.69 Å². The van der Waals surface area contributed by atoms with Crippen LogP contribution >= 0.6 is 11.6 Å². The van der Waals surface area contributed by atoms with E-state index >= 15 is 0 Å². The molecule has 8 heteroatoms. The summed E-state index contributed by atoms with van der Waals surface area (Å²) in [6, 6.07) is 16.9. The van der Waals surface area contributed by atoms with E-state index in [1.165, 1.54) is 0 Å². The van der Waals surface area contributed by atoms with Crippen molar-refractivity contribution in [1.29, 1.82) is 0 Å². The molecular formula is C26H31ClN4O3. The Bertz CT molecular complexity index is 1050. The molecule has 0 saturated carbocycles. The van der Waals surface area contributed by atoms with Gasteiger partial charge in [-0.3, -0.25) is 14.4 Å². The van der Waals surface area contributed by atoms with Gasteiger partial charge in [-0.05, 0) is 50.5 Å². The maximum Gasteiger partial charge on any atom is 0.255 e. The first-order valence-corrected chi connectivity index (χ1v) is 12.2. The van der Waals surface area contributed by atoms with Crippen molar-refractivity contribution in [2.24, 2.45) is 0 Å². The summed E-state index contributed by atoms with van der Waals surface area (Å²) in [6.45, 7) is 5.20. The molecule has 2 fully saturated rings. The van der Waals surface area contributed by atoms with E-state index in [0.717, 1.165) is 12.1 Å². The Morgan fingerprint density at radius 3 is 2.35 bits per heavy atom. The molecule has 1 N–H and O–H groups in total. The van der Waals surface area contributed by atoms with E-state index in [1.807, 2.05) is 44.2 Å². The molecule has 0 bridgehead atoms. The lowest BCUT2D eigenvalue weighted by Gasteiger charge is -2.43. The normalized spacial score (nSPS) is 18.3. The molecule has 1 unspecified atom stereocenters. The Morgan fingerprint density at radius 2 is 1.71 bits per heavy atom. The standard InChI is InChI=1S/C26H31ClN4O3/c1-3-19(2)28-23(32)17-30-18-31(20-9-5-4-6-10-20)26(25(30)34)13-15-29(16-14-26)24(33)21-11-7-8-12-22(21)27/h4-12,19H,3,13-18H2,1-2H3,(H,28,32). The van der Waals surface area contributed by atoms with Gasteiger partial charge in [-0.1, -0.05) is 48.9 Å². The fourth-order valence-electron chi connectivity index (χ4n) is 4.80. The quantitative estimate of drug-likeness (QED) is 0.683. The van der Waals surface area contributed by atoms with E-state index in [0.29, 0.717) is 43.2 Å². The number of nitrogens with one attached hydrogen (secondary N) is 1. The van der Waals surface area contributed by atoms with Crippen molar-refractivity contribution < 1.29 is 14.4 Å². The minimum atomic E-state index is -0.782. The van der Waals surface area contributed by atoms with E-state index in [4.69, 9.17) is 11.6 Å². The van der Waals surface area contributed by atoms with Crippen LogP contribution in [0.5, 0.6) is 0 Å². The molecule has 34 heavy (non-hydrogen) atoms. The third-order valence-corrected chi connectivity index (χ3v) is 7.25. The number of hydrogen-bond acceptors (Lipinski definition) is 4. The third-order valence-electron chi connectivity index (χ3n) is 6.92. The number of anilines is 1. The summed E-state index contributed by atoms with van der Waals surface area (Å²) < 4.78 is 0. The zero-order valence-electron chi connectivity index (χ0n) is 19.7. The fraction of sp³-hybridized carbons (Fsp3) is 0.423. The van der Waals surface area contributed by atoms with Crippen LogP contribution in [0.1, 0.15) is 43.5 Å². The highest BCUT2D eigenvalue weighted by atomic mass is 35.5. The Morgan fingerprint density at radius 1 is 1.06 bits per heavy atom. The molecule has 0 aromatic heterocycles. The number of amides is 3. The molecule has 4 rings (SSSR count). The average Bonchev–Trinajstić information content (AvgIpc) is 3.11. The van der Waals surface area contributed by atoms with E-state index in [9.17, 15) is 14.4 Å². The monoisotopic (exact) mass is 482 g/mol. The number of carbonyl (C=O) groups is 3. The number of piperidine rings is 1. The molecule has 2 aromatic carbocycles. The van der Waals surface area contributed by atoms with Gasteiger partial charge in [-0.2, -0.15) is 0 Å². The summed E-state index contributed by atoms with van der Waals surface area (Å²) in [4.78, 5) is 44.9. The first kappa shape index (κ1) is 24.1. The van der Waals surface area contributed by atoms with E-state index in [1.54, 1.807) is 34.1 Å². The van der Waals surface area contributed by atoms with Crippen molar-refractivity contribution in [3.05, 3.63) is 65.2 Å². The summed E-state index contributed by atoms with van der Waals surface area (Å²) in [7, 11) is 0. The zero-order valence-corrected chi connectivity index (χ0v) is 20.4. The predicted octanol–water partition coefficient (Wildman–Crippen LogP) is 3.54. The highest BCUT2D eigenvalue weighted by molar-refractivity contribution is 6.33. The van der Waals surface area contributed by atoms with Crippen LogP contribution in [0.15, 0.2) is 54.6 Å². The zero-order chi connectivity index (χ0) is 24.3. The van der Waals surface area contributed by atoms with Crippen molar-refractivity contribution in [1.82, 2.24) is 15.1 Å². The number of carbonyl (C=O) groups excluding carboxylic acids is 3. The number of para-hydroxylation sites is 1. The van der Waals surface area contributed by atoms with Gasteiger partial charge in [-0.25, -0.2) is 0 Å². The van der Waals surface area contributed by atoms with Crippen molar-refractivity contribution in [3.63, 3.8) is 0 Å². The molecular weight excluding hydrogens is 452 g/mol. The summed E-state index contributed by atoms with van der Waals surface area (Å²) in [5.41, 5.74) is 0.627. The van der Waals surface area contributed by atoms with Crippen molar-refractivity contribution in [3.8, 4) is 0 Å². The predicted molar refractivity (Wildman–Crippen MR) is 133 cm³/mol. The molecule has 0 radical (unpaired) electrons. The molecule has 2 heterocycles. The Balaban J connectivity index is 1.54. The molecule has 2 aliphatic rings. The van der Waals surface area contributed by atoms with Gasteiger partial charge in [0.25, 0.3) is 11.8 Å². The Kier molecular flexibility index (Phi) is 7.12. The van der Waals surface area contributed by atoms with Gasteiger partial charge in [0.1, 0.15) is 12.1 Å². The van der Waals surface area contributed by atoms with E-state index in [2.05, 4.69) is 10.2 Å². The van der Waals surface area contributed by atoms with Gasteiger partial charge in [0.15, 0.2) is 0 Å². The molecule has 3 amide bonds. The molecule has 2 aromatic rings. The first-order valence-electron chi connectivity index (χ1n) is 11.8. The van der Waals surface area contributed by atoms with Gasteiger partial charge in [0, 0.05) is 24.8 Å². The van der Waals surface area contributed by atoms with Crippen molar-refractivity contribution in [2.75, 3.05) is 31.2 Å². The topological polar surface area (TPSA) is 73.0 Å². The number of likely N-dealkylation sites (tertiary alicyclic amines) is 1. The second-order valence-corrected chi connectivity index (χ2v) is 9.50. The van der Waals surface area contributed by atoms with Crippen LogP contribution in [-0.2, 0) is 9.59 Å². The Labute approximate surface area is 205 Å². The smallest absolute Gasteiger partial charge is 0.255 e. The molecule has 0 aliphatic carbocycles. The summed E-state index contributed by atoms with van der Waals surface area (Å²) in [6.07, 6.45) is 1.80. The van der Waals surface area contributed by atoms with Gasteiger partial charge in [-0.15, -0.1) is 0 Å². The summed E-state index contributed by atoms with van der Waals surface area (Å²) >= 11 is 6.24. The number of nitrogens with zero attached hydrogens (tertiary/aromatic N) is 3. The van der Waals surface area contributed by atoms with Gasteiger partial charge in [0.05, 0.1) is 17.3 Å².